The second-order valence-corrected chi connectivity index (χ2v) is 5.86. The Bertz CT molecular complexity index is 822. The summed E-state index contributed by atoms with van der Waals surface area (Å²) in [7, 11) is 0. The van der Waals surface area contributed by atoms with Crippen LogP contribution in [0.3, 0.4) is 0 Å². The number of hydrogen-bond donors (Lipinski definition) is 1. The van der Waals surface area contributed by atoms with E-state index in [4.69, 9.17) is 5.11 Å². The van der Waals surface area contributed by atoms with Crippen LogP contribution in [0.2, 0.25) is 0 Å². The van der Waals surface area contributed by atoms with Crippen LogP contribution in [0.15, 0.2) is 52.2 Å². The van der Waals surface area contributed by atoms with Gasteiger partial charge in [0.25, 0.3) is 11.5 Å². The number of aliphatic hydroxyl groups is 1. The van der Waals surface area contributed by atoms with Crippen LogP contribution in [0.25, 0.3) is 0 Å². The highest BCUT2D eigenvalue weighted by Gasteiger charge is 2.36. The Morgan fingerprint density at radius 1 is 1.13 bits per heavy atom. The summed E-state index contributed by atoms with van der Waals surface area (Å²) in [5.74, 6) is 0.118. The van der Waals surface area contributed by atoms with Gasteiger partial charge < -0.3 is 5.11 Å². The van der Waals surface area contributed by atoms with Gasteiger partial charge in [-0.2, -0.15) is 4.57 Å². The van der Waals surface area contributed by atoms with E-state index in [9.17, 15) is 14.4 Å². The zero-order valence-corrected chi connectivity index (χ0v) is 12.6. The third-order valence-electron chi connectivity index (χ3n) is 4.28. The first kappa shape index (κ1) is 15.4. The summed E-state index contributed by atoms with van der Waals surface area (Å²) in [6, 6.07) is 9.52. The Hall–Kier alpha value is -2.47. The Kier molecular flexibility index (Phi) is 4.25. The summed E-state index contributed by atoms with van der Waals surface area (Å²) in [6.07, 6.45) is 3.12. The van der Waals surface area contributed by atoms with Gasteiger partial charge in [-0.1, -0.05) is 18.2 Å². The van der Waals surface area contributed by atoms with Crippen molar-refractivity contribution < 1.29 is 9.90 Å². The van der Waals surface area contributed by atoms with E-state index in [-0.39, 0.29) is 6.61 Å². The molecule has 1 aromatic heterocycles. The summed E-state index contributed by atoms with van der Waals surface area (Å²) in [6.45, 7) is 0.605. The summed E-state index contributed by atoms with van der Waals surface area (Å²) >= 11 is 0. The molecule has 0 aliphatic heterocycles. The molecule has 120 valence electrons. The molecule has 6 nitrogen and oxygen atoms in total. The molecule has 0 unspecified atom stereocenters. The average molecular weight is 314 g/mol. The van der Waals surface area contributed by atoms with E-state index in [1.165, 1.54) is 16.8 Å². The van der Waals surface area contributed by atoms with Gasteiger partial charge in [0, 0.05) is 31.0 Å². The number of rotatable bonds is 5. The summed E-state index contributed by atoms with van der Waals surface area (Å²) in [5.41, 5.74) is -0.933. The number of carbonyl (C=O) groups excluding carboxylic acids is 1. The third kappa shape index (κ3) is 3.17. The van der Waals surface area contributed by atoms with Crippen molar-refractivity contribution in [1.29, 1.82) is 0 Å². The second kappa shape index (κ2) is 6.34. The van der Waals surface area contributed by atoms with Crippen molar-refractivity contribution >= 4 is 5.91 Å². The molecule has 0 amide bonds. The third-order valence-corrected chi connectivity index (χ3v) is 4.28. The molecule has 6 heteroatoms. The molecule has 1 heterocycles. The van der Waals surface area contributed by atoms with E-state index < -0.39 is 17.2 Å². The molecule has 1 saturated carbocycles. The fourth-order valence-electron chi connectivity index (χ4n) is 2.86. The van der Waals surface area contributed by atoms with Crippen LogP contribution in [0, 0.1) is 11.8 Å². The Morgan fingerprint density at radius 3 is 2.57 bits per heavy atom. The SMILES string of the molecule is O=C(c1ccccc1)n1c(=O)ccn(C[C@H]2C[C@@H]2CCO)c1=O. The van der Waals surface area contributed by atoms with E-state index >= 15 is 0 Å². The molecule has 0 bridgehead atoms. The van der Waals surface area contributed by atoms with Crippen LogP contribution in [-0.2, 0) is 6.54 Å². The first-order valence-corrected chi connectivity index (χ1v) is 7.65. The van der Waals surface area contributed by atoms with Crippen molar-refractivity contribution in [1.82, 2.24) is 9.13 Å². The normalized spacial score (nSPS) is 19.5. The Morgan fingerprint density at radius 2 is 1.87 bits per heavy atom. The number of aliphatic hydroxyl groups excluding tert-OH is 1. The van der Waals surface area contributed by atoms with Crippen molar-refractivity contribution in [3.05, 3.63) is 69.0 Å². The number of hydrogen-bond acceptors (Lipinski definition) is 4. The monoisotopic (exact) mass is 314 g/mol. The Balaban J connectivity index is 1.90. The molecule has 1 fully saturated rings. The topological polar surface area (TPSA) is 81.3 Å². The summed E-state index contributed by atoms with van der Waals surface area (Å²) < 4.78 is 2.09. The van der Waals surface area contributed by atoms with Crippen molar-refractivity contribution in [3.63, 3.8) is 0 Å². The van der Waals surface area contributed by atoms with Crippen LogP contribution in [0.4, 0.5) is 0 Å². The maximum atomic E-state index is 12.5. The molecular formula is C17H18N2O4. The van der Waals surface area contributed by atoms with Crippen LogP contribution >= 0.6 is 0 Å². The molecular weight excluding hydrogens is 296 g/mol. The first-order chi connectivity index (χ1) is 11.1. The lowest BCUT2D eigenvalue weighted by Crippen LogP contribution is -2.43. The largest absolute Gasteiger partial charge is 0.396 e. The summed E-state index contributed by atoms with van der Waals surface area (Å²) in [5, 5.41) is 8.94. The van der Waals surface area contributed by atoms with E-state index in [1.54, 1.807) is 30.3 Å². The number of nitrogens with zero attached hydrogens (tertiary/aromatic N) is 2. The van der Waals surface area contributed by atoms with Gasteiger partial charge in [0.05, 0.1) is 0 Å². The molecule has 3 rings (SSSR count). The Labute approximate surface area is 132 Å². The van der Waals surface area contributed by atoms with Crippen molar-refractivity contribution in [2.45, 2.75) is 19.4 Å². The van der Waals surface area contributed by atoms with Crippen LogP contribution < -0.4 is 11.2 Å². The molecule has 2 aromatic rings. The predicted octanol–water partition coefficient (Wildman–Crippen LogP) is 0.717. The van der Waals surface area contributed by atoms with Gasteiger partial charge in [0.1, 0.15) is 0 Å². The molecule has 0 spiro atoms. The zero-order chi connectivity index (χ0) is 16.4. The van der Waals surface area contributed by atoms with E-state index in [0.29, 0.717) is 28.5 Å². The highest BCUT2D eigenvalue weighted by Crippen LogP contribution is 2.41. The molecule has 1 N–H and O–H groups in total. The zero-order valence-electron chi connectivity index (χ0n) is 12.6. The van der Waals surface area contributed by atoms with Crippen LogP contribution in [-0.4, -0.2) is 26.8 Å². The quantitative estimate of drug-likeness (QED) is 0.881. The van der Waals surface area contributed by atoms with Gasteiger partial charge >= 0.3 is 5.69 Å². The average Bonchev–Trinajstić information content (AvgIpc) is 3.29. The standard InChI is InChI=1S/C17H18N2O4/c20-9-7-13-10-14(13)11-18-8-6-15(21)19(17(18)23)16(22)12-4-2-1-3-5-12/h1-6,8,13-14,20H,7,9-11H2/t13-,14+/m0/s1. The molecule has 0 radical (unpaired) electrons. The maximum Gasteiger partial charge on any atom is 0.338 e. The second-order valence-electron chi connectivity index (χ2n) is 5.86. The van der Waals surface area contributed by atoms with Crippen molar-refractivity contribution in [2.75, 3.05) is 6.61 Å². The van der Waals surface area contributed by atoms with E-state index in [1.807, 2.05) is 0 Å². The molecule has 1 aromatic carbocycles. The van der Waals surface area contributed by atoms with E-state index in [0.717, 1.165) is 12.8 Å². The minimum atomic E-state index is -0.622. The van der Waals surface area contributed by atoms with Crippen LogP contribution in [0.5, 0.6) is 0 Å². The van der Waals surface area contributed by atoms with Gasteiger partial charge in [-0.15, -0.1) is 0 Å². The predicted molar refractivity (Wildman–Crippen MR) is 84.4 cm³/mol. The lowest BCUT2D eigenvalue weighted by Gasteiger charge is -2.09. The van der Waals surface area contributed by atoms with Gasteiger partial charge in [-0.3, -0.25) is 14.2 Å². The maximum absolute atomic E-state index is 12.5. The first-order valence-electron chi connectivity index (χ1n) is 7.65. The minimum Gasteiger partial charge on any atom is -0.396 e. The highest BCUT2D eigenvalue weighted by molar-refractivity contribution is 5.95. The van der Waals surface area contributed by atoms with Gasteiger partial charge in [-0.25, -0.2) is 4.79 Å². The molecule has 1 aliphatic carbocycles. The molecule has 0 saturated heterocycles. The smallest absolute Gasteiger partial charge is 0.338 e. The number of carbonyl (C=O) groups is 1. The minimum absolute atomic E-state index is 0.141. The lowest BCUT2D eigenvalue weighted by molar-refractivity contribution is 0.0948. The molecule has 2 atom stereocenters. The van der Waals surface area contributed by atoms with Gasteiger partial charge in [0.15, 0.2) is 0 Å². The van der Waals surface area contributed by atoms with Gasteiger partial charge in [0.2, 0.25) is 0 Å². The number of benzene rings is 1. The summed E-state index contributed by atoms with van der Waals surface area (Å²) in [4.78, 5) is 36.9. The molecule has 1 aliphatic rings. The highest BCUT2D eigenvalue weighted by atomic mass is 16.3. The van der Waals surface area contributed by atoms with Gasteiger partial charge in [-0.05, 0) is 36.8 Å². The fourth-order valence-corrected chi connectivity index (χ4v) is 2.86. The van der Waals surface area contributed by atoms with Crippen molar-refractivity contribution in [2.24, 2.45) is 11.8 Å². The van der Waals surface area contributed by atoms with Crippen LogP contribution in [0.1, 0.15) is 23.2 Å². The van der Waals surface area contributed by atoms with Crippen molar-refractivity contribution in [3.8, 4) is 0 Å². The fraction of sp³-hybridized carbons (Fsp3) is 0.353. The lowest BCUT2D eigenvalue weighted by atomic mass is 10.2. The molecule has 23 heavy (non-hydrogen) atoms. The van der Waals surface area contributed by atoms with E-state index in [2.05, 4.69) is 0 Å². The number of aromatic nitrogens is 2.